The molecule has 4 nitrogen and oxygen atoms in total. The Bertz CT molecular complexity index is 985. The number of fused-ring (bicyclic) bond motifs is 1. The van der Waals surface area contributed by atoms with E-state index in [1.165, 1.54) is 11.3 Å². The Hall–Kier alpha value is -2.05. The third kappa shape index (κ3) is 3.50. The second kappa shape index (κ2) is 7.45. The van der Waals surface area contributed by atoms with Crippen molar-refractivity contribution in [2.45, 2.75) is 18.7 Å². The molecular weight excluding hydrogens is 352 g/mol. The molecule has 0 fully saturated rings. The first-order chi connectivity index (χ1) is 12.0. The molecular formula is C19H20N2O2S2. The molecule has 2 aromatic carbocycles. The average Bonchev–Trinajstić information content (AvgIpc) is 2.94. The van der Waals surface area contributed by atoms with E-state index < -0.39 is 0 Å². The molecule has 0 atom stereocenters. The molecule has 3 rings (SSSR count). The van der Waals surface area contributed by atoms with Crippen molar-refractivity contribution in [3.05, 3.63) is 52.3 Å². The van der Waals surface area contributed by atoms with Gasteiger partial charge in [0, 0.05) is 17.5 Å². The van der Waals surface area contributed by atoms with Crippen molar-refractivity contribution in [3.63, 3.8) is 0 Å². The minimum atomic E-state index is -0.230. The number of thiazole rings is 1. The van der Waals surface area contributed by atoms with Crippen LogP contribution in [0.25, 0.3) is 10.2 Å². The van der Waals surface area contributed by atoms with E-state index in [4.69, 9.17) is 4.74 Å². The minimum Gasteiger partial charge on any atom is -0.495 e. The number of ether oxygens (including phenoxy) is 1. The van der Waals surface area contributed by atoms with Gasteiger partial charge in [0.1, 0.15) is 11.3 Å². The van der Waals surface area contributed by atoms with Crippen molar-refractivity contribution in [2.24, 2.45) is 12.0 Å². The molecule has 1 aromatic heterocycles. The Labute approximate surface area is 155 Å². The van der Waals surface area contributed by atoms with Gasteiger partial charge in [-0.15, -0.1) is 11.8 Å². The van der Waals surface area contributed by atoms with Gasteiger partial charge in [-0.2, -0.15) is 4.99 Å². The summed E-state index contributed by atoms with van der Waals surface area (Å²) >= 11 is 3.26. The van der Waals surface area contributed by atoms with Gasteiger partial charge in [0.05, 0.1) is 11.8 Å². The van der Waals surface area contributed by atoms with Crippen molar-refractivity contribution in [1.29, 1.82) is 0 Å². The van der Waals surface area contributed by atoms with Gasteiger partial charge in [0.25, 0.3) is 5.91 Å². The predicted molar refractivity (Wildman–Crippen MR) is 105 cm³/mol. The zero-order chi connectivity index (χ0) is 18.0. The molecule has 0 N–H and O–H groups in total. The molecule has 0 spiro atoms. The SMILES string of the molecule is CCSc1ccc(C(=O)N=c2sc3c(C)ccc(OC)c3n2C)cc1. The standard InChI is InChI=1S/C19H20N2O2S2/c1-5-24-14-9-7-13(8-10-14)18(22)20-19-21(3)16-15(23-4)11-6-12(2)17(16)25-19/h6-11H,5H2,1-4H3. The van der Waals surface area contributed by atoms with E-state index in [0.717, 1.165) is 32.2 Å². The molecule has 0 aliphatic carbocycles. The molecule has 0 unspecified atom stereocenters. The number of thioether (sulfide) groups is 1. The largest absolute Gasteiger partial charge is 0.495 e. The van der Waals surface area contributed by atoms with Crippen LogP contribution in [0, 0.1) is 6.92 Å². The third-order valence-electron chi connectivity index (χ3n) is 3.94. The third-order valence-corrected chi connectivity index (χ3v) is 6.10. The van der Waals surface area contributed by atoms with E-state index in [2.05, 4.69) is 11.9 Å². The highest BCUT2D eigenvalue weighted by molar-refractivity contribution is 7.99. The highest BCUT2D eigenvalue weighted by Gasteiger charge is 2.12. The van der Waals surface area contributed by atoms with E-state index in [1.807, 2.05) is 54.9 Å². The van der Waals surface area contributed by atoms with Crippen LogP contribution in [0.3, 0.4) is 0 Å². The summed E-state index contributed by atoms with van der Waals surface area (Å²) in [7, 11) is 3.56. The summed E-state index contributed by atoms with van der Waals surface area (Å²) in [6.07, 6.45) is 0. The highest BCUT2D eigenvalue weighted by atomic mass is 32.2. The van der Waals surface area contributed by atoms with E-state index in [1.54, 1.807) is 18.9 Å². The quantitative estimate of drug-likeness (QED) is 0.637. The first-order valence-electron chi connectivity index (χ1n) is 8.00. The number of hydrogen-bond donors (Lipinski definition) is 0. The van der Waals surface area contributed by atoms with Crippen molar-refractivity contribution >= 4 is 39.2 Å². The first kappa shape index (κ1) is 17.8. The fourth-order valence-electron chi connectivity index (χ4n) is 2.63. The highest BCUT2D eigenvalue weighted by Crippen LogP contribution is 2.29. The normalized spacial score (nSPS) is 11.9. The maximum atomic E-state index is 12.5. The maximum absolute atomic E-state index is 12.5. The number of benzene rings is 2. The summed E-state index contributed by atoms with van der Waals surface area (Å²) in [5, 5.41) is 0. The molecule has 1 amide bonds. The molecule has 0 radical (unpaired) electrons. The summed E-state index contributed by atoms with van der Waals surface area (Å²) in [5.41, 5.74) is 2.71. The predicted octanol–water partition coefficient (Wildman–Crippen LogP) is 4.41. The Morgan fingerprint density at radius 1 is 1.24 bits per heavy atom. The minimum absolute atomic E-state index is 0.230. The smallest absolute Gasteiger partial charge is 0.279 e. The van der Waals surface area contributed by atoms with Crippen LogP contribution in [-0.4, -0.2) is 23.3 Å². The van der Waals surface area contributed by atoms with E-state index >= 15 is 0 Å². The number of amides is 1. The van der Waals surface area contributed by atoms with Crippen molar-refractivity contribution in [3.8, 4) is 5.75 Å². The summed E-state index contributed by atoms with van der Waals surface area (Å²) in [5.74, 6) is 1.57. The first-order valence-corrected chi connectivity index (χ1v) is 9.80. The van der Waals surface area contributed by atoms with Crippen molar-refractivity contribution in [2.75, 3.05) is 12.9 Å². The number of methoxy groups -OCH3 is 1. The average molecular weight is 373 g/mol. The lowest BCUT2D eigenvalue weighted by molar-refractivity contribution is 0.0998. The van der Waals surface area contributed by atoms with Gasteiger partial charge in [-0.25, -0.2) is 0 Å². The van der Waals surface area contributed by atoms with Crippen LogP contribution in [0.4, 0.5) is 0 Å². The fraction of sp³-hybridized carbons (Fsp3) is 0.263. The molecule has 1 heterocycles. The summed E-state index contributed by atoms with van der Waals surface area (Å²) in [6.45, 7) is 4.16. The summed E-state index contributed by atoms with van der Waals surface area (Å²) in [6, 6.07) is 11.6. The van der Waals surface area contributed by atoms with E-state index in [0.29, 0.717) is 10.4 Å². The summed E-state index contributed by atoms with van der Waals surface area (Å²) in [4.78, 5) is 18.7. The number of aromatic nitrogens is 1. The van der Waals surface area contributed by atoms with Crippen LogP contribution in [0.2, 0.25) is 0 Å². The van der Waals surface area contributed by atoms with E-state index in [9.17, 15) is 4.79 Å². The van der Waals surface area contributed by atoms with Gasteiger partial charge in [-0.05, 0) is 48.6 Å². The maximum Gasteiger partial charge on any atom is 0.279 e. The van der Waals surface area contributed by atoms with Crippen LogP contribution in [0.15, 0.2) is 46.3 Å². The number of rotatable bonds is 4. The van der Waals surface area contributed by atoms with Gasteiger partial charge in [0.2, 0.25) is 0 Å². The number of hydrogen-bond acceptors (Lipinski definition) is 4. The lowest BCUT2D eigenvalue weighted by Crippen LogP contribution is -2.13. The molecule has 0 saturated carbocycles. The van der Waals surface area contributed by atoms with Gasteiger partial charge in [0.15, 0.2) is 4.80 Å². The van der Waals surface area contributed by atoms with Gasteiger partial charge >= 0.3 is 0 Å². The monoisotopic (exact) mass is 372 g/mol. The molecule has 3 aromatic rings. The molecule has 0 aliphatic rings. The van der Waals surface area contributed by atoms with Gasteiger partial charge in [-0.3, -0.25) is 4.79 Å². The van der Waals surface area contributed by atoms with Crippen LogP contribution >= 0.6 is 23.1 Å². The Morgan fingerprint density at radius 3 is 2.60 bits per heavy atom. The van der Waals surface area contributed by atoms with Crippen molar-refractivity contribution in [1.82, 2.24) is 4.57 Å². The van der Waals surface area contributed by atoms with Crippen LogP contribution in [-0.2, 0) is 7.05 Å². The number of aryl methyl sites for hydroxylation is 2. The molecule has 0 saturated heterocycles. The Morgan fingerprint density at radius 2 is 1.96 bits per heavy atom. The molecule has 0 bridgehead atoms. The lowest BCUT2D eigenvalue weighted by atomic mass is 10.2. The zero-order valence-corrected chi connectivity index (χ0v) is 16.3. The zero-order valence-electron chi connectivity index (χ0n) is 14.7. The Kier molecular flexibility index (Phi) is 5.30. The second-order valence-electron chi connectivity index (χ2n) is 5.58. The summed E-state index contributed by atoms with van der Waals surface area (Å²) < 4.78 is 8.47. The topological polar surface area (TPSA) is 43.6 Å². The number of carbonyl (C=O) groups is 1. The fourth-order valence-corrected chi connectivity index (χ4v) is 4.39. The molecule has 130 valence electrons. The van der Waals surface area contributed by atoms with Crippen LogP contribution in [0.5, 0.6) is 5.75 Å². The Balaban J connectivity index is 2.05. The second-order valence-corrected chi connectivity index (χ2v) is 7.90. The van der Waals surface area contributed by atoms with Crippen LogP contribution in [0.1, 0.15) is 22.8 Å². The van der Waals surface area contributed by atoms with Gasteiger partial charge in [-0.1, -0.05) is 24.3 Å². The lowest BCUT2D eigenvalue weighted by Gasteiger charge is -2.05. The van der Waals surface area contributed by atoms with Gasteiger partial charge < -0.3 is 9.30 Å². The molecule has 25 heavy (non-hydrogen) atoms. The van der Waals surface area contributed by atoms with Crippen LogP contribution < -0.4 is 9.54 Å². The van der Waals surface area contributed by atoms with Crippen molar-refractivity contribution < 1.29 is 9.53 Å². The van der Waals surface area contributed by atoms with E-state index in [-0.39, 0.29) is 5.91 Å². The molecule has 0 aliphatic heterocycles. The number of nitrogens with zero attached hydrogens (tertiary/aromatic N) is 2. The molecule has 6 heteroatoms. The number of carbonyl (C=O) groups excluding carboxylic acids is 1.